The molecule has 0 spiro atoms. The number of amides is 1. The van der Waals surface area contributed by atoms with Gasteiger partial charge in [-0.1, -0.05) is 49.1 Å². The number of rotatable bonds is 7. The van der Waals surface area contributed by atoms with Gasteiger partial charge in [-0.3, -0.25) is 4.79 Å². The standard InChI is InChI=1S/C16H22N4OS2/c1-10(2)12-5-7-13(8-6-12)18-14(21)9-22-16-20-19-15(23-16)17-11(3)4/h5-8,10-11H,9H2,1-4H3,(H,17,19)(H,18,21). The van der Waals surface area contributed by atoms with Crippen molar-refractivity contribution in [2.75, 3.05) is 16.4 Å². The first-order valence-electron chi connectivity index (χ1n) is 7.56. The van der Waals surface area contributed by atoms with Crippen LogP contribution in [0.3, 0.4) is 0 Å². The molecule has 2 aromatic rings. The largest absolute Gasteiger partial charge is 0.358 e. The number of hydrogen-bond donors (Lipinski definition) is 2. The van der Waals surface area contributed by atoms with E-state index in [4.69, 9.17) is 0 Å². The van der Waals surface area contributed by atoms with Gasteiger partial charge in [-0.05, 0) is 37.5 Å². The summed E-state index contributed by atoms with van der Waals surface area (Å²) in [6, 6.07) is 8.28. The maximum absolute atomic E-state index is 12.0. The molecule has 7 heteroatoms. The average molecular weight is 351 g/mol. The average Bonchev–Trinajstić information content (AvgIpc) is 2.92. The van der Waals surface area contributed by atoms with Gasteiger partial charge in [0.1, 0.15) is 0 Å². The van der Waals surface area contributed by atoms with Crippen molar-refractivity contribution in [2.24, 2.45) is 0 Å². The molecule has 1 heterocycles. The molecule has 0 fully saturated rings. The zero-order valence-electron chi connectivity index (χ0n) is 13.8. The van der Waals surface area contributed by atoms with Crippen LogP contribution in [-0.4, -0.2) is 27.9 Å². The summed E-state index contributed by atoms with van der Waals surface area (Å²) < 4.78 is 0.790. The molecule has 0 bridgehead atoms. The van der Waals surface area contributed by atoms with Crippen molar-refractivity contribution in [1.82, 2.24) is 10.2 Å². The smallest absolute Gasteiger partial charge is 0.234 e. The molecule has 0 radical (unpaired) electrons. The molecule has 0 atom stereocenters. The van der Waals surface area contributed by atoms with Crippen LogP contribution in [0.25, 0.3) is 0 Å². The van der Waals surface area contributed by atoms with Gasteiger partial charge >= 0.3 is 0 Å². The van der Waals surface area contributed by atoms with Crippen LogP contribution < -0.4 is 10.6 Å². The van der Waals surface area contributed by atoms with E-state index in [9.17, 15) is 4.79 Å². The van der Waals surface area contributed by atoms with E-state index < -0.39 is 0 Å². The second kappa shape index (κ2) is 8.31. The highest BCUT2D eigenvalue weighted by molar-refractivity contribution is 8.01. The molecule has 0 aliphatic carbocycles. The zero-order valence-corrected chi connectivity index (χ0v) is 15.4. The van der Waals surface area contributed by atoms with E-state index >= 15 is 0 Å². The molecule has 124 valence electrons. The van der Waals surface area contributed by atoms with E-state index in [2.05, 4.69) is 34.7 Å². The van der Waals surface area contributed by atoms with Gasteiger partial charge in [0.2, 0.25) is 11.0 Å². The molecule has 1 aromatic carbocycles. The summed E-state index contributed by atoms with van der Waals surface area (Å²) in [6.07, 6.45) is 0. The minimum Gasteiger partial charge on any atom is -0.358 e. The van der Waals surface area contributed by atoms with E-state index in [1.54, 1.807) is 0 Å². The van der Waals surface area contributed by atoms with Crippen molar-refractivity contribution in [3.8, 4) is 0 Å². The minimum absolute atomic E-state index is 0.0409. The normalized spacial score (nSPS) is 11.0. The van der Waals surface area contributed by atoms with Crippen LogP contribution in [0, 0.1) is 0 Å². The van der Waals surface area contributed by atoms with Crippen molar-refractivity contribution < 1.29 is 4.79 Å². The van der Waals surface area contributed by atoms with E-state index in [0.717, 1.165) is 15.2 Å². The minimum atomic E-state index is -0.0409. The summed E-state index contributed by atoms with van der Waals surface area (Å²) >= 11 is 2.86. The van der Waals surface area contributed by atoms with Crippen LogP contribution in [0.4, 0.5) is 10.8 Å². The summed E-state index contributed by atoms with van der Waals surface area (Å²) in [5.74, 6) is 0.768. The Hall–Kier alpha value is -1.60. The van der Waals surface area contributed by atoms with Crippen molar-refractivity contribution in [3.05, 3.63) is 29.8 Å². The second-order valence-electron chi connectivity index (χ2n) is 5.79. The molecular formula is C16H22N4OS2. The maximum atomic E-state index is 12.0. The van der Waals surface area contributed by atoms with Crippen LogP contribution >= 0.6 is 23.1 Å². The molecule has 5 nitrogen and oxygen atoms in total. The van der Waals surface area contributed by atoms with E-state index in [1.807, 2.05) is 38.1 Å². The van der Waals surface area contributed by atoms with Gasteiger partial charge in [-0.2, -0.15) is 0 Å². The summed E-state index contributed by atoms with van der Waals surface area (Å²) in [5.41, 5.74) is 2.08. The summed E-state index contributed by atoms with van der Waals surface area (Å²) in [5, 5.41) is 15.0. The molecule has 1 aromatic heterocycles. The molecule has 0 saturated carbocycles. The number of carbonyl (C=O) groups is 1. The lowest BCUT2D eigenvalue weighted by Gasteiger charge is -2.08. The number of nitrogens with one attached hydrogen (secondary N) is 2. The predicted molar refractivity (Wildman–Crippen MR) is 98.6 cm³/mol. The van der Waals surface area contributed by atoms with Crippen molar-refractivity contribution in [1.29, 1.82) is 0 Å². The monoisotopic (exact) mass is 350 g/mol. The Morgan fingerprint density at radius 2 is 1.87 bits per heavy atom. The summed E-state index contributed by atoms with van der Waals surface area (Å²) in [7, 11) is 0. The van der Waals surface area contributed by atoms with Crippen LogP contribution in [-0.2, 0) is 4.79 Å². The van der Waals surface area contributed by atoms with Gasteiger partial charge in [-0.25, -0.2) is 0 Å². The van der Waals surface area contributed by atoms with Crippen molar-refractivity contribution in [2.45, 2.75) is 44.0 Å². The number of thioether (sulfide) groups is 1. The lowest BCUT2D eigenvalue weighted by atomic mass is 10.0. The van der Waals surface area contributed by atoms with Crippen molar-refractivity contribution >= 4 is 39.8 Å². The van der Waals surface area contributed by atoms with Gasteiger partial charge in [-0.15, -0.1) is 10.2 Å². The lowest BCUT2D eigenvalue weighted by molar-refractivity contribution is -0.113. The highest BCUT2D eigenvalue weighted by atomic mass is 32.2. The predicted octanol–water partition coefficient (Wildman–Crippen LogP) is 4.21. The fourth-order valence-electron chi connectivity index (χ4n) is 1.85. The lowest BCUT2D eigenvalue weighted by Crippen LogP contribution is -2.13. The highest BCUT2D eigenvalue weighted by Gasteiger charge is 2.09. The maximum Gasteiger partial charge on any atom is 0.234 e. The number of carbonyl (C=O) groups excluding carboxylic acids is 1. The third-order valence-electron chi connectivity index (χ3n) is 3.01. The van der Waals surface area contributed by atoms with E-state index in [-0.39, 0.29) is 5.91 Å². The first kappa shape index (κ1) is 17.7. The second-order valence-corrected chi connectivity index (χ2v) is 7.99. The third-order valence-corrected chi connectivity index (χ3v) is 4.99. The Labute approximate surface area is 145 Å². The summed E-state index contributed by atoms with van der Waals surface area (Å²) in [6.45, 7) is 8.39. The quantitative estimate of drug-likeness (QED) is 0.732. The first-order valence-corrected chi connectivity index (χ1v) is 9.37. The number of nitrogens with zero attached hydrogens (tertiary/aromatic N) is 2. The Balaban J connectivity index is 1.81. The van der Waals surface area contributed by atoms with Gasteiger partial charge < -0.3 is 10.6 Å². The number of aromatic nitrogens is 2. The van der Waals surface area contributed by atoms with Gasteiger partial charge in [0, 0.05) is 11.7 Å². The fourth-order valence-corrected chi connectivity index (χ4v) is 3.55. The van der Waals surface area contributed by atoms with Crippen LogP contribution in [0.1, 0.15) is 39.2 Å². The molecule has 0 aliphatic rings. The number of anilines is 2. The Morgan fingerprint density at radius 3 is 2.48 bits per heavy atom. The van der Waals surface area contributed by atoms with Crippen LogP contribution in [0.5, 0.6) is 0 Å². The number of benzene rings is 1. The molecule has 2 rings (SSSR count). The van der Waals surface area contributed by atoms with Gasteiger partial charge in [0.15, 0.2) is 4.34 Å². The Bertz CT molecular complexity index is 638. The summed E-state index contributed by atoms with van der Waals surface area (Å²) in [4.78, 5) is 12.0. The number of hydrogen-bond acceptors (Lipinski definition) is 6. The van der Waals surface area contributed by atoms with Crippen LogP contribution in [0.15, 0.2) is 28.6 Å². The molecule has 23 heavy (non-hydrogen) atoms. The SMILES string of the molecule is CC(C)Nc1nnc(SCC(=O)Nc2ccc(C(C)C)cc2)s1. The molecule has 0 saturated heterocycles. The Kier molecular flexibility index (Phi) is 6.41. The molecule has 0 unspecified atom stereocenters. The first-order chi connectivity index (χ1) is 10.9. The van der Waals surface area contributed by atoms with Gasteiger partial charge in [0.05, 0.1) is 5.75 Å². The molecular weight excluding hydrogens is 328 g/mol. The molecule has 0 aliphatic heterocycles. The van der Waals surface area contributed by atoms with E-state index in [1.165, 1.54) is 28.7 Å². The van der Waals surface area contributed by atoms with Crippen molar-refractivity contribution in [3.63, 3.8) is 0 Å². The fraction of sp³-hybridized carbons (Fsp3) is 0.438. The zero-order chi connectivity index (χ0) is 16.8. The van der Waals surface area contributed by atoms with Crippen LogP contribution in [0.2, 0.25) is 0 Å². The topological polar surface area (TPSA) is 66.9 Å². The highest BCUT2D eigenvalue weighted by Crippen LogP contribution is 2.26. The van der Waals surface area contributed by atoms with E-state index in [0.29, 0.717) is 17.7 Å². The molecule has 1 amide bonds. The third kappa shape index (κ3) is 5.84. The van der Waals surface area contributed by atoms with Gasteiger partial charge in [0.25, 0.3) is 0 Å². The molecule has 2 N–H and O–H groups in total. The Morgan fingerprint density at radius 1 is 1.17 bits per heavy atom.